The molecule has 0 bridgehead atoms. The molecule has 0 aromatic heterocycles. The Morgan fingerprint density at radius 3 is 2.59 bits per heavy atom. The molecular formula is C13H8BrFO2. The third-order valence-corrected chi connectivity index (χ3v) is 2.98. The van der Waals surface area contributed by atoms with E-state index >= 15 is 0 Å². The Morgan fingerprint density at radius 2 is 1.88 bits per heavy atom. The summed E-state index contributed by atoms with van der Waals surface area (Å²) in [5.41, 5.74) is 1.06. The second-order valence-corrected chi connectivity index (χ2v) is 4.34. The van der Waals surface area contributed by atoms with Crippen LogP contribution in [0.1, 0.15) is 10.4 Å². The lowest BCUT2D eigenvalue weighted by molar-refractivity contribution is 0.0697. The molecule has 0 saturated heterocycles. The van der Waals surface area contributed by atoms with Gasteiger partial charge >= 0.3 is 5.97 Å². The van der Waals surface area contributed by atoms with Crippen molar-refractivity contribution in [1.29, 1.82) is 0 Å². The fourth-order valence-corrected chi connectivity index (χ4v) is 1.91. The Hall–Kier alpha value is -1.68. The molecule has 0 amide bonds. The molecule has 0 heterocycles. The largest absolute Gasteiger partial charge is 0.478 e. The average molecular weight is 295 g/mol. The Morgan fingerprint density at radius 1 is 1.18 bits per heavy atom. The van der Waals surface area contributed by atoms with E-state index in [1.165, 1.54) is 12.1 Å². The number of aromatic carboxylic acids is 1. The lowest BCUT2D eigenvalue weighted by Gasteiger charge is -2.05. The predicted molar refractivity (Wildman–Crippen MR) is 66.5 cm³/mol. The van der Waals surface area contributed by atoms with Gasteiger partial charge in [-0.3, -0.25) is 0 Å². The smallest absolute Gasteiger partial charge is 0.335 e. The van der Waals surface area contributed by atoms with Gasteiger partial charge in [-0.15, -0.1) is 0 Å². The fourth-order valence-electron chi connectivity index (χ4n) is 1.55. The molecule has 0 spiro atoms. The van der Waals surface area contributed by atoms with Crippen LogP contribution >= 0.6 is 15.9 Å². The minimum Gasteiger partial charge on any atom is -0.478 e. The molecule has 17 heavy (non-hydrogen) atoms. The maximum atomic E-state index is 13.8. The quantitative estimate of drug-likeness (QED) is 0.910. The van der Waals surface area contributed by atoms with Gasteiger partial charge in [0, 0.05) is 5.56 Å². The molecule has 0 atom stereocenters. The van der Waals surface area contributed by atoms with Crippen molar-refractivity contribution < 1.29 is 14.3 Å². The van der Waals surface area contributed by atoms with Crippen molar-refractivity contribution in [3.63, 3.8) is 0 Å². The third kappa shape index (κ3) is 2.36. The number of benzene rings is 2. The summed E-state index contributed by atoms with van der Waals surface area (Å²) in [6, 6.07) is 11.1. The Labute approximate surface area is 106 Å². The number of rotatable bonds is 2. The number of hydrogen-bond donors (Lipinski definition) is 1. The van der Waals surface area contributed by atoms with Gasteiger partial charge in [-0.25, -0.2) is 9.18 Å². The van der Waals surface area contributed by atoms with E-state index in [0.717, 1.165) is 0 Å². The van der Waals surface area contributed by atoms with Gasteiger partial charge in [-0.05, 0) is 39.7 Å². The van der Waals surface area contributed by atoms with E-state index in [9.17, 15) is 9.18 Å². The molecule has 0 saturated carbocycles. The second kappa shape index (κ2) is 4.67. The lowest BCUT2D eigenvalue weighted by Crippen LogP contribution is -1.96. The molecule has 1 N–H and O–H groups in total. The first kappa shape index (κ1) is 11.8. The summed E-state index contributed by atoms with van der Waals surface area (Å²) in [4.78, 5) is 10.8. The van der Waals surface area contributed by atoms with Crippen molar-refractivity contribution in [3.05, 3.63) is 58.3 Å². The fraction of sp³-hybridized carbons (Fsp3) is 0. The van der Waals surface area contributed by atoms with Gasteiger partial charge < -0.3 is 5.11 Å². The van der Waals surface area contributed by atoms with Gasteiger partial charge in [0.05, 0.1) is 10.0 Å². The summed E-state index contributed by atoms with van der Waals surface area (Å²) >= 11 is 3.10. The average Bonchev–Trinajstić information content (AvgIpc) is 2.33. The minimum atomic E-state index is -1.03. The van der Waals surface area contributed by atoms with Gasteiger partial charge in [-0.2, -0.15) is 0 Å². The van der Waals surface area contributed by atoms with Crippen LogP contribution < -0.4 is 0 Å². The first-order chi connectivity index (χ1) is 8.09. The topological polar surface area (TPSA) is 37.3 Å². The van der Waals surface area contributed by atoms with Crippen LogP contribution in [-0.4, -0.2) is 11.1 Å². The molecule has 2 aromatic carbocycles. The Bertz CT molecular complexity index is 581. The van der Waals surface area contributed by atoms with E-state index in [1.54, 1.807) is 30.3 Å². The van der Waals surface area contributed by atoms with E-state index < -0.39 is 11.8 Å². The normalized spacial score (nSPS) is 10.2. The summed E-state index contributed by atoms with van der Waals surface area (Å²) in [7, 11) is 0. The monoisotopic (exact) mass is 294 g/mol. The van der Waals surface area contributed by atoms with Gasteiger partial charge in [-0.1, -0.05) is 24.3 Å². The van der Waals surface area contributed by atoms with Gasteiger partial charge in [0.15, 0.2) is 0 Å². The van der Waals surface area contributed by atoms with Crippen LogP contribution in [0.5, 0.6) is 0 Å². The van der Waals surface area contributed by atoms with Crippen molar-refractivity contribution in [2.45, 2.75) is 0 Å². The van der Waals surface area contributed by atoms with E-state index in [2.05, 4.69) is 15.9 Å². The Kier molecular flexibility index (Phi) is 3.24. The highest BCUT2D eigenvalue weighted by Gasteiger charge is 2.10. The van der Waals surface area contributed by atoms with E-state index in [-0.39, 0.29) is 5.56 Å². The maximum absolute atomic E-state index is 13.8. The van der Waals surface area contributed by atoms with Crippen molar-refractivity contribution in [1.82, 2.24) is 0 Å². The molecule has 0 aliphatic carbocycles. The molecule has 0 fully saturated rings. The SMILES string of the molecule is O=C(O)c1cccc(-c2cccc(Br)c2F)c1. The molecule has 0 aliphatic heterocycles. The van der Waals surface area contributed by atoms with Crippen molar-refractivity contribution in [3.8, 4) is 11.1 Å². The maximum Gasteiger partial charge on any atom is 0.335 e. The molecule has 0 unspecified atom stereocenters. The van der Waals surface area contributed by atoms with Crippen LogP contribution in [0.25, 0.3) is 11.1 Å². The summed E-state index contributed by atoms with van der Waals surface area (Å²) in [5, 5.41) is 8.88. The highest BCUT2D eigenvalue weighted by molar-refractivity contribution is 9.10. The molecular weight excluding hydrogens is 287 g/mol. The molecule has 86 valence electrons. The number of hydrogen-bond acceptors (Lipinski definition) is 1. The van der Waals surface area contributed by atoms with Gasteiger partial charge in [0.2, 0.25) is 0 Å². The predicted octanol–water partition coefficient (Wildman–Crippen LogP) is 3.95. The third-order valence-electron chi connectivity index (χ3n) is 2.37. The summed E-state index contributed by atoms with van der Waals surface area (Å²) in [6.45, 7) is 0. The standard InChI is InChI=1S/C13H8BrFO2/c14-11-6-2-5-10(12(11)15)8-3-1-4-9(7-8)13(16)17/h1-7H,(H,16,17). The summed E-state index contributed by atoms with van der Waals surface area (Å²) < 4.78 is 14.2. The van der Waals surface area contributed by atoms with Crippen LogP contribution in [-0.2, 0) is 0 Å². The molecule has 4 heteroatoms. The van der Waals surface area contributed by atoms with Crippen LogP contribution in [0.3, 0.4) is 0 Å². The number of carboxylic acids is 1. The highest BCUT2D eigenvalue weighted by atomic mass is 79.9. The molecule has 2 rings (SSSR count). The van der Waals surface area contributed by atoms with Crippen molar-refractivity contribution in [2.24, 2.45) is 0 Å². The Balaban J connectivity index is 2.57. The molecule has 2 aromatic rings. The van der Waals surface area contributed by atoms with Crippen LogP contribution in [0.4, 0.5) is 4.39 Å². The van der Waals surface area contributed by atoms with Gasteiger partial charge in [0.25, 0.3) is 0 Å². The minimum absolute atomic E-state index is 0.141. The van der Waals surface area contributed by atoms with E-state index in [0.29, 0.717) is 15.6 Å². The van der Waals surface area contributed by atoms with Gasteiger partial charge in [0.1, 0.15) is 5.82 Å². The van der Waals surface area contributed by atoms with Crippen LogP contribution in [0.15, 0.2) is 46.9 Å². The highest BCUT2D eigenvalue weighted by Crippen LogP contribution is 2.28. The number of carboxylic acid groups (broad SMARTS) is 1. The summed E-state index contributed by atoms with van der Waals surface area (Å²) in [5.74, 6) is -1.42. The van der Waals surface area contributed by atoms with Crippen LogP contribution in [0.2, 0.25) is 0 Å². The van der Waals surface area contributed by atoms with E-state index in [4.69, 9.17) is 5.11 Å². The molecule has 2 nitrogen and oxygen atoms in total. The van der Waals surface area contributed by atoms with Crippen LogP contribution in [0, 0.1) is 5.82 Å². The zero-order chi connectivity index (χ0) is 12.4. The zero-order valence-corrected chi connectivity index (χ0v) is 10.2. The van der Waals surface area contributed by atoms with Crippen molar-refractivity contribution in [2.75, 3.05) is 0 Å². The zero-order valence-electron chi connectivity index (χ0n) is 8.65. The number of carbonyl (C=O) groups is 1. The first-order valence-electron chi connectivity index (χ1n) is 4.87. The molecule has 0 radical (unpaired) electrons. The summed E-state index contributed by atoms with van der Waals surface area (Å²) in [6.07, 6.45) is 0. The van der Waals surface area contributed by atoms with Crippen molar-refractivity contribution >= 4 is 21.9 Å². The first-order valence-corrected chi connectivity index (χ1v) is 5.66. The van der Waals surface area contributed by atoms with E-state index in [1.807, 2.05) is 0 Å². The number of halogens is 2. The lowest BCUT2D eigenvalue weighted by atomic mass is 10.0. The molecule has 0 aliphatic rings. The second-order valence-electron chi connectivity index (χ2n) is 3.49.